The smallest absolute Gasteiger partial charge is 0.351 e. The summed E-state index contributed by atoms with van der Waals surface area (Å²) in [4.78, 5) is 11.2. The van der Waals surface area contributed by atoms with Crippen molar-refractivity contribution in [3.63, 3.8) is 0 Å². The van der Waals surface area contributed by atoms with Gasteiger partial charge in [0.1, 0.15) is 0 Å². The minimum absolute atomic E-state index is 0. The van der Waals surface area contributed by atoms with Crippen molar-refractivity contribution in [2.24, 2.45) is 0 Å². The number of benzene rings is 1. The van der Waals surface area contributed by atoms with Crippen LogP contribution in [0.1, 0.15) is 25.3 Å². The van der Waals surface area contributed by atoms with E-state index >= 15 is 0 Å². The zero-order valence-corrected chi connectivity index (χ0v) is 15.6. The van der Waals surface area contributed by atoms with E-state index in [0.717, 1.165) is 31.5 Å². The molecule has 1 aromatic rings. The maximum Gasteiger partial charge on any atom is 0.417 e. The second kappa shape index (κ2) is 9.03. The molecule has 0 aliphatic carbocycles. The standard InChI is InChI=1S/C15H20F3N3O3S.ClH/c1-10(14(22)20-11-5-4-8-19-9-11)21-25(23,24)13-7-3-2-6-12(13)15(16,17)18;/h2-3,6-7,10-11,19,21H,4-5,8-9H2,1H3,(H,20,22);1H/t10?,11-;/m0./s1. The second-order valence-corrected chi connectivity index (χ2v) is 7.57. The van der Waals surface area contributed by atoms with Crippen molar-refractivity contribution in [1.82, 2.24) is 15.4 Å². The van der Waals surface area contributed by atoms with Gasteiger partial charge in [-0.05, 0) is 38.4 Å². The molecule has 3 N–H and O–H groups in total. The van der Waals surface area contributed by atoms with Crippen molar-refractivity contribution in [2.75, 3.05) is 13.1 Å². The van der Waals surface area contributed by atoms with E-state index in [1.54, 1.807) is 0 Å². The summed E-state index contributed by atoms with van der Waals surface area (Å²) in [6.07, 6.45) is -3.18. The van der Waals surface area contributed by atoms with Crippen LogP contribution >= 0.6 is 12.4 Å². The Morgan fingerprint density at radius 3 is 2.54 bits per heavy atom. The lowest BCUT2D eigenvalue weighted by molar-refractivity contribution is -0.139. The van der Waals surface area contributed by atoms with Gasteiger partial charge in [-0.1, -0.05) is 12.1 Å². The van der Waals surface area contributed by atoms with Crippen molar-refractivity contribution in [1.29, 1.82) is 0 Å². The number of halogens is 4. The zero-order chi connectivity index (χ0) is 18.7. The van der Waals surface area contributed by atoms with E-state index in [1.807, 2.05) is 4.72 Å². The quantitative estimate of drug-likeness (QED) is 0.682. The number of rotatable bonds is 5. The highest BCUT2D eigenvalue weighted by Crippen LogP contribution is 2.33. The molecule has 148 valence electrons. The van der Waals surface area contributed by atoms with Gasteiger partial charge in [0, 0.05) is 12.6 Å². The minimum atomic E-state index is -4.81. The molecule has 11 heteroatoms. The summed E-state index contributed by atoms with van der Waals surface area (Å²) in [6, 6.07) is 2.52. The number of nitrogens with one attached hydrogen (secondary N) is 3. The Labute approximate surface area is 156 Å². The van der Waals surface area contributed by atoms with Gasteiger partial charge in [0.05, 0.1) is 16.5 Å². The van der Waals surface area contributed by atoms with Gasteiger partial charge in [0.2, 0.25) is 15.9 Å². The summed E-state index contributed by atoms with van der Waals surface area (Å²) in [5.74, 6) is -0.582. The molecule has 1 amide bonds. The predicted molar refractivity (Wildman–Crippen MR) is 92.5 cm³/mol. The Morgan fingerprint density at radius 1 is 1.31 bits per heavy atom. The van der Waals surface area contributed by atoms with Crippen molar-refractivity contribution in [3.05, 3.63) is 29.8 Å². The summed E-state index contributed by atoms with van der Waals surface area (Å²) in [7, 11) is -4.51. The normalized spacial score (nSPS) is 19.3. The first-order valence-electron chi connectivity index (χ1n) is 7.81. The van der Waals surface area contributed by atoms with Crippen LogP contribution in [0, 0.1) is 0 Å². The summed E-state index contributed by atoms with van der Waals surface area (Å²) >= 11 is 0. The monoisotopic (exact) mass is 415 g/mol. The van der Waals surface area contributed by atoms with Gasteiger partial charge in [-0.3, -0.25) is 4.79 Å². The number of hydrogen-bond donors (Lipinski definition) is 3. The van der Waals surface area contributed by atoms with Crippen LogP contribution in [0.25, 0.3) is 0 Å². The van der Waals surface area contributed by atoms with Crippen LogP contribution in [-0.2, 0) is 21.0 Å². The maximum atomic E-state index is 13.0. The maximum absolute atomic E-state index is 13.0. The molecule has 0 radical (unpaired) electrons. The van der Waals surface area contributed by atoms with Gasteiger partial charge in [-0.15, -0.1) is 12.4 Å². The van der Waals surface area contributed by atoms with Crippen LogP contribution < -0.4 is 15.4 Å². The first kappa shape index (κ1) is 22.7. The fraction of sp³-hybridized carbons (Fsp3) is 0.533. The van der Waals surface area contributed by atoms with E-state index in [9.17, 15) is 26.4 Å². The first-order chi connectivity index (χ1) is 11.6. The number of carbonyl (C=O) groups excluding carboxylic acids is 1. The van der Waals surface area contributed by atoms with Gasteiger partial charge in [0.15, 0.2) is 0 Å². The van der Waals surface area contributed by atoms with Crippen molar-refractivity contribution in [3.8, 4) is 0 Å². The van der Waals surface area contributed by atoms with Crippen molar-refractivity contribution < 1.29 is 26.4 Å². The number of alkyl halides is 3. The van der Waals surface area contributed by atoms with Gasteiger partial charge in [-0.25, -0.2) is 8.42 Å². The molecular weight excluding hydrogens is 395 g/mol. The van der Waals surface area contributed by atoms with E-state index in [4.69, 9.17) is 0 Å². The number of amides is 1. The molecule has 1 aromatic carbocycles. The Hall–Kier alpha value is -1.36. The highest BCUT2D eigenvalue weighted by Gasteiger charge is 2.37. The lowest BCUT2D eigenvalue weighted by atomic mass is 10.1. The van der Waals surface area contributed by atoms with Gasteiger partial charge >= 0.3 is 6.18 Å². The molecule has 1 saturated heterocycles. The van der Waals surface area contributed by atoms with Crippen LogP contribution in [-0.4, -0.2) is 39.5 Å². The third kappa shape index (κ3) is 5.83. The number of carbonyl (C=O) groups is 1. The predicted octanol–water partition coefficient (Wildman–Crippen LogP) is 1.66. The third-order valence-corrected chi connectivity index (χ3v) is 5.45. The first-order valence-corrected chi connectivity index (χ1v) is 9.29. The summed E-state index contributed by atoms with van der Waals surface area (Å²) in [5, 5.41) is 5.79. The number of hydrogen-bond acceptors (Lipinski definition) is 4. The molecule has 26 heavy (non-hydrogen) atoms. The topological polar surface area (TPSA) is 87.3 Å². The van der Waals surface area contributed by atoms with Gasteiger partial charge < -0.3 is 10.6 Å². The summed E-state index contributed by atoms with van der Waals surface area (Å²) in [6.45, 7) is 2.71. The van der Waals surface area contributed by atoms with Gasteiger partial charge in [-0.2, -0.15) is 17.9 Å². The van der Waals surface area contributed by atoms with E-state index in [-0.39, 0.29) is 18.4 Å². The van der Waals surface area contributed by atoms with Crippen LogP contribution in [0.3, 0.4) is 0 Å². The lowest BCUT2D eigenvalue weighted by Gasteiger charge is -2.25. The Morgan fingerprint density at radius 2 is 1.96 bits per heavy atom. The summed E-state index contributed by atoms with van der Waals surface area (Å²) in [5.41, 5.74) is -1.27. The largest absolute Gasteiger partial charge is 0.417 e. The molecule has 1 aliphatic heterocycles. The number of sulfonamides is 1. The average molecular weight is 416 g/mol. The SMILES string of the molecule is CC(NS(=O)(=O)c1ccccc1C(F)(F)F)C(=O)N[C@H]1CCCNC1.Cl. The molecule has 1 aliphatic rings. The van der Waals surface area contributed by atoms with E-state index in [2.05, 4.69) is 10.6 Å². The fourth-order valence-electron chi connectivity index (χ4n) is 2.59. The summed E-state index contributed by atoms with van der Waals surface area (Å²) < 4.78 is 65.6. The Kier molecular flexibility index (Phi) is 7.87. The minimum Gasteiger partial charge on any atom is -0.351 e. The van der Waals surface area contributed by atoms with Crippen molar-refractivity contribution in [2.45, 2.75) is 42.9 Å². The molecule has 0 aromatic heterocycles. The molecule has 6 nitrogen and oxygen atoms in total. The molecule has 1 heterocycles. The highest BCUT2D eigenvalue weighted by atomic mass is 35.5. The highest BCUT2D eigenvalue weighted by molar-refractivity contribution is 7.89. The second-order valence-electron chi connectivity index (χ2n) is 5.89. The van der Waals surface area contributed by atoms with Crippen LogP contribution in [0.4, 0.5) is 13.2 Å². The van der Waals surface area contributed by atoms with E-state index in [1.165, 1.54) is 13.0 Å². The van der Waals surface area contributed by atoms with Crippen LogP contribution in [0.5, 0.6) is 0 Å². The van der Waals surface area contributed by atoms with Gasteiger partial charge in [0.25, 0.3) is 0 Å². The number of piperidine rings is 1. The zero-order valence-electron chi connectivity index (χ0n) is 14.0. The Bertz CT molecular complexity index is 722. The molecule has 1 unspecified atom stereocenters. The van der Waals surface area contributed by atoms with Crippen LogP contribution in [0.15, 0.2) is 29.2 Å². The molecule has 0 bridgehead atoms. The van der Waals surface area contributed by atoms with E-state index in [0.29, 0.717) is 12.6 Å². The molecule has 2 rings (SSSR count). The van der Waals surface area contributed by atoms with Crippen LogP contribution in [0.2, 0.25) is 0 Å². The average Bonchev–Trinajstić information content (AvgIpc) is 2.54. The lowest BCUT2D eigenvalue weighted by Crippen LogP contribution is -2.52. The molecule has 0 spiro atoms. The van der Waals surface area contributed by atoms with Crippen molar-refractivity contribution >= 4 is 28.3 Å². The molecular formula is C15H21ClF3N3O3S. The molecule has 1 fully saturated rings. The van der Waals surface area contributed by atoms with E-state index < -0.39 is 38.6 Å². The molecule has 0 saturated carbocycles. The fourth-order valence-corrected chi connectivity index (χ4v) is 4.02. The molecule has 2 atom stereocenters. The third-order valence-electron chi connectivity index (χ3n) is 3.85. The Balaban J connectivity index is 0.00000338.